The van der Waals surface area contributed by atoms with Crippen LogP contribution in [0, 0.1) is 5.92 Å². The van der Waals surface area contributed by atoms with Crippen LogP contribution >= 0.6 is 0 Å². The van der Waals surface area contributed by atoms with Crippen LogP contribution in [0.3, 0.4) is 0 Å². The van der Waals surface area contributed by atoms with Crippen LogP contribution in [0.25, 0.3) is 0 Å². The van der Waals surface area contributed by atoms with Gasteiger partial charge in [0.05, 0.1) is 0 Å². The Labute approximate surface area is 98.4 Å². The summed E-state index contributed by atoms with van der Waals surface area (Å²) >= 11 is 0. The topological polar surface area (TPSA) is 29.3 Å². The second-order valence-corrected chi connectivity index (χ2v) is 5.04. The van der Waals surface area contributed by atoms with Gasteiger partial charge < -0.3 is 10.6 Å². The predicted molar refractivity (Wildman–Crippen MR) is 69.5 cm³/mol. The van der Waals surface area contributed by atoms with Gasteiger partial charge >= 0.3 is 0 Å². The molecule has 2 heteroatoms. The highest BCUT2D eigenvalue weighted by molar-refractivity contribution is 5.48. The third kappa shape index (κ3) is 2.38. The van der Waals surface area contributed by atoms with E-state index in [0.717, 1.165) is 5.92 Å². The van der Waals surface area contributed by atoms with Crippen LogP contribution in [0.5, 0.6) is 0 Å². The molecule has 0 aromatic heterocycles. The Morgan fingerprint density at radius 3 is 2.50 bits per heavy atom. The van der Waals surface area contributed by atoms with E-state index < -0.39 is 0 Å². The van der Waals surface area contributed by atoms with Gasteiger partial charge in [-0.15, -0.1) is 0 Å². The number of hydrogen-bond donors (Lipinski definition) is 1. The minimum atomic E-state index is 0.632. The van der Waals surface area contributed by atoms with Crippen LogP contribution in [0.2, 0.25) is 0 Å². The highest BCUT2D eigenvalue weighted by Gasteiger charge is 2.22. The first-order valence-electron chi connectivity index (χ1n) is 6.26. The average Bonchev–Trinajstić information content (AvgIpc) is 2.29. The number of nitrogens with two attached hydrogens (primary N) is 1. The summed E-state index contributed by atoms with van der Waals surface area (Å²) in [5.74, 6) is 0.870. The summed E-state index contributed by atoms with van der Waals surface area (Å²) in [7, 11) is 0. The van der Waals surface area contributed by atoms with Crippen molar-refractivity contribution in [3.8, 4) is 0 Å². The van der Waals surface area contributed by atoms with Gasteiger partial charge in [0, 0.05) is 24.8 Å². The van der Waals surface area contributed by atoms with Gasteiger partial charge in [0.2, 0.25) is 0 Å². The summed E-state index contributed by atoms with van der Waals surface area (Å²) in [5, 5.41) is 0. The number of hydrogen-bond acceptors (Lipinski definition) is 2. The van der Waals surface area contributed by atoms with E-state index in [4.69, 9.17) is 5.73 Å². The molecule has 0 bridgehead atoms. The molecule has 0 spiro atoms. The van der Waals surface area contributed by atoms with Gasteiger partial charge in [0.1, 0.15) is 0 Å². The van der Waals surface area contributed by atoms with Crippen molar-refractivity contribution in [3.63, 3.8) is 0 Å². The minimum Gasteiger partial charge on any atom is -0.369 e. The van der Waals surface area contributed by atoms with Crippen LogP contribution in [-0.4, -0.2) is 12.6 Å². The van der Waals surface area contributed by atoms with E-state index in [1.165, 1.54) is 30.6 Å². The Bertz CT molecular complexity index is 331. The van der Waals surface area contributed by atoms with Crippen LogP contribution in [0.15, 0.2) is 24.3 Å². The van der Waals surface area contributed by atoms with Crippen LogP contribution in [0.1, 0.15) is 32.3 Å². The molecule has 0 amide bonds. The minimum absolute atomic E-state index is 0.632. The third-order valence-electron chi connectivity index (χ3n) is 3.64. The van der Waals surface area contributed by atoms with Crippen LogP contribution in [0.4, 0.5) is 5.69 Å². The van der Waals surface area contributed by atoms with Crippen molar-refractivity contribution < 1.29 is 0 Å². The molecule has 0 saturated carbocycles. The zero-order valence-electron chi connectivity index (χ0n) is 10.3. The molecule has 16 heavy (non-hydrogen) atoms. The normalized spacial score (nSPS) is 25.8. The fourth-order valence-electron chi connectivity index (χ4n) is 2.61. The highest BCUT2D eigenvalue weighted by Crippen LogP contribution is 2.27. The Morgan fingerprint density at radius 2 is 1.94 bits per heavy atom. The molecule has 88 valence electrons. The molecule has 0 radical (unpaired) electrons. The molecule has 1 fully saturated rings. The smallest absolute Gasteiger partial charge is 0.0368 e. The van der Waals surface area contributed by atoms with Gasteiger partial charge in [0.25, 0.3) is 0 Å². The molecule has 1 aromatic rings. The molecule has 1 aliphatic rings. The third-order valence-corrected chi connectivity index (χ3v) is 3.64. The van der Waals surface area contributed by atoms with Gasteiger partial charge in [-0.2, -0.15) is 0 Å². The maximum atomic E-state index is 5.61. The zero-order valence-corrected chi connectivity index (χ0v) is 10.3. The van der Waals surface area contributed by atoms with E-state index in [0.29, 0.717) is 12.6 Å². The van der Waals surface area contributed by atoms with Gasteiger partial charge in [-0.3, -0.25) is 0 Å². The standard InChI is InChI=1S/C14H22N2/c1-11-7-8-16(12(2)9-11)14-5-3-13(10-15)4-6-14/h3-6,11-12H,7-10,15H2,1-2H3. The van der Waals surface area contributed by atoms with Gasteiger partial charge in [-0.1, -0.05) is 19.1 Å². The molecular formula is C14H22N2. The first-order chi connectivity index (χ1) is 7.70. The van der Waals surface area contributed by atoms with Gasteiger partial charge in [-0.25, -0.2) is 0 Å². The Kier molecular flexibility index (Phi) is 3.49. The maximum absolute atomic E-state index is 5.61. The van der Waals surface area contributed by atoms with Crippen molar-refractivity contribution in [2.75, 3.05) is 11.4 Å². The first kappa shape index (κ1) is 11.5. The van der Waals surface area contributed by atoms with E-state index in [-0.39, 0.29) is 0 Å². The average molecular weight is 218 g/mol. The summed E-state index contributed by atoms with van der Waals surface area (Å²) in [6.07, 6.45) is 2.61. The predicted octanol–water partition coefficient (Wildman–Crippen LogP) is 2.77. The lowest BCUT2D eigenvalue weighted by atomic mass is 9.93. The molecule has 2 N–H and O–H groups in total. The summed E-state index contributed by atoms with van der Waals surface area (Å²) in [6.45, 7) is 6.50. The second-order valence-electron chi connectivity index (χ2n) is 5.04. The molecule has 2 rings (SSSR count). The van der Waals surface area contributed by atoms with E-state index in [1.807, 2.05) is 0 Å². The second kappa shape index (κ2) is 4.88. The van der Waals surface area contributed by atoms with Gasteiger partial charge in [-0.05, 0) is 43.4 Å². The number of piperidine rings is 1. The first-order valence-corrected chi connectivity index (χ1v) is 6.26. The van der Waals surface area contributed by atoms with Crippen LogP contribution in [-0.2, 0) is 6.54 Å². The SMILES string of the molecule is CC1CCN(c2ccc(CN)cc2)C(C)C1. The highest BCUT2D eigenvalue weighted by atomic mass is 15.2. The largest absolute Gasteiger partial charge is 0.369 e. The molecular weight excluding hydrogens is 196 g/mol. The van der Waals surface area contributed by atoms with Crippen molar-refractivity contribution in [1.82, 2.24) is 0 Å². The Morgan fingerprint density at radius 1 is 1.25 bits per heavy atom. The Balaban J connectivity index is 2.11. The maximum Gasteiger partial charge on any atom is 0.0368 e. The lowest BCUT2D eigenvalue weighted by Crippen LogP contribution is -2.40. The zero-order chi connectivity index (χ0) is 11.5. The molecule has 1 aliphatic heterocycles. The van der Waals surface area contributed by atoms with E-state index in [9.17, 15) is 0 Å². The van der Waals surface area contributed by atoms with E-state index in [2.05, 4.69) is 43.0 Å². The van der Waals surface area contributed by atoms with Gasteiger partial charge in [0.15, 0.2) is 0 Å². The summed E-state index contributed by atoms with van der Waals surface area (Å²) in [5.41, 5.74) is 8.16. The lowest BCUT2D eigenvalue weighted by molar-refractivity contribution is 0.378. The number of anilines is 1. The fourth-order valence-corrected chi connectivity index (χ4v) is 2.61. The monoisotopic (exact) mass is 218 g/mol. The number of benzene rings is 1. The molecule has 0 aliphatic carbocycles. The quantitative estimate of drug-likeness (QED) is 0.827. The molecule has 1 saturated heterocycles. The van der Waals surface area contributed by atoms with Crippen molar-refractivity contribution in [2.45, 2.75) is 39.3 Å². The number of nitrogens with zero attached hydrogens (tertiary/aromatic N) is 1. The summed E-state index contributed by atoms with van der Waals surface area (Å²) in [6, 6.07) is 9.34. The lowest BCUT2D eigenvalue weighted by Gasteiger charge is -2.38. The molecule has 2 atom stereocenters. The van der Waals surface area contributed by atoms with E-state index >= 15 is 0 Å². The fraction of sp³-hybridized carbons (Fsp3) is 0.571. The molecule has 2 nitrogen and oxygen atoms in total. The Hall–Kier alpha value is -1.02. The molecule has 2 unspecified atom stereocenters. The van der Waals surface area contributed by atoms with Crippen LogP contribution < -0.4 is 10.6 Å². The number of rotatable bonds is 2. The van der Waals surface area contributed by atoms with E-state index in [1.54, 1.807) is 0 Å². The molecule has 1 heterocycles. The summed E-state index contributed by atoms with van der Waals surface area (Å²) < 4.78 is 0. The van der Waals surface area contributed by atoms with Crippen molar-refractivity contribution in [3.05, 3.63) is 29.8 Å². The molecule has 1 aromatic carbocycles. The van der Waals surface area contributed by atoms with Crippen molar-refractivity contribution in [1.29, 1.82) is 0 Å². The van der Waals surface area contributed by atoms with Crippen molar-refractivity contribution in [2.24, 2.45) is 11.7 Å². The summed E-state index contributed by atoms with van der Waals surface area (Å²) in [4.78, 5) is 2.51. The van der Waals surface area contributed by atoms with Crippen molar-refractivity contribution >= 4 is 5.69 Å².